The van der Waals surface area contributed by atoms with Gasteiger partial charge in [-0.05, 0) is 55.7 Å². The first kappa shape index (κ1) is 22.7. The molecule has 9 heteroatoms. The van der Waals surface area contributed by atoms with Crippen LogP contribution in [0, 0.1) is 5.92 Å². The summed E-state index contributed by atoms with van der Waals surface area (Å²) in [6, 6.07) is 7.03. The zero-order valence-corrected chi connectivity index (χ0v) is 20.0. The maximum Gasteiger partial charge on any atom is 0.343 e. The molecule has 0 radical (unpaired) electrons. The zero-order valence-electron chi connectivity index (χ0n) is 19.2. The topological polar surface area (TPSA) is 114 Å². The fourth-order valence-corrected chi connectivity index (χ4v) is 5.96. The monoisotopic (exact) mass is 483 g/mol. The van der Waals surface area contributed by atoms with Crippen LogP contribution in [0.4, 0.5) is 5.69 Å². The van der Waals surface area contributed by atoms with Crippen LogP contribution in [-0.2, 0) is 29.9 Å². The molecule has 0 spiro atoms. The number of aryl methyl sites for hydroxylation is 2. The summed E-state index contributed by atoms with van der Waals surface area (Å²) in [5, 5.41) is 11.2. The van der Waals surface area contributed by atoms with Gasteiger partial charge in [0.05, 0.1) is 11.9 Å². The second-order valence-electron chi connectivity index (χ2n) is 9.39. The first-order chi connectivity index (χ1) is 16.3. The van der Waals surface area contributed by atoms with Crippen molar-refractivity contribution in [2.75, 3.05) is 4.72 Å². The molecule has 1 fully saturated rings. The van der Waals surface area contributed by atoms with Crippen molar-refractivity contribution in [3.8, 4) is 5.75 Å². The Morgan fingerprint density at radius 3 is 2.65 bits per heavy atom. The van der Waals surface area contributed by atoms with Crippen LogP contribution in [-0.4, -0.2) is 23.1 Å². The molecule has 8 nitrogen and oxygen atoms in total. The van der Waals surface area contributed by atoms with Crippen LogP contribution in [0.15, 0.2) is 51.0 Å². The second-order valence-corrected chi connectivity index (χ2v) is 11.0. The Balaban J connectivity index is 1.53. The van der Waals surface area contributed by atoms with E-state index >= 15 is 0 Å². The Morgan fingerprint density at radius 2 is 1.94 bits per heavy atom. The minimum atomic E-state index is -3.85. The van der Waals surface area contributed by atoms with Gasteiger partial charge in [0.25, 0.3) is 10.0 Å². The van der Waals surface area contributed by atoms with Crippen molar-refractivity contribution in [2.45, 2.75) is 62.3 Å². The Kier molecular flexibility index (Phi) is 5.97. The van der Waals surface area contributed by atoms with Crippen LogP contribution in [0.3, 0.4) is 0 Å². The molecule has 0 aliphatic heterocycles. The lowest BCUT2D eigenvalue weighted by Crippen LogP contribution is -2.19. The number of fused-ring (bicyclic) bond motifs is 1. The molecule has 2 aliphatic carbocycles. The standard InChI is InChI=1S/C25H29N3O5S/c1-28-14-21(26-15-28)34(31,32)27-18-8-6-7-17(13-18)22(16-11-12-16)23-24(29)19-9-4-2-3-5-10-20(19)33-25(23)30/h6-8,13-16,22,27,29H,2-5,9-12H2,1H3/t22-/m0/s1. The maximum atomic E-state index is 13.1. The summed E-state index contributed by atoms with van der Waals surface area (Å²) in [6.07, 6.45) is 10.2. The summed E-state index contributed by atoms with van der Waals surface area (Å²) >= 11 is 0. The molecule has 1 atom stereocenters. The van der Waals surface area contributed by atoms with Gasteiger partial charge in [0.2, 0.25) is 0 Å². The fraction of sp³-hybridized carbons (Fsp3) is 0.440. The Hall–Kier alpha value is -3.07. The summed E-state index contributed by atoms with van der Waals surface area (Å²) in [4.78, 5) is 17.0. The number of aromatic hydroxyl groups is 1. The van der Waals surface area contributed by atoms with E-state index in [0.717, 1.165) is 49.7 Å². The smallest absolute Gasteiger partial charge is 0.343 e. The lowest BCUT2D eigenvalue weighted by Gasteiger charge is -2.22. The minimum Gasteiger partial charge on any atom is -0.507 e. The predicted molar refractivity (Wildman–Crippen MR) is 128 cm³/mol. The number of nitrogens with zero attached hydrogens (tertiary/aromatic N) is 2. The molecule has 2 aliphatic rings. The number of sulfonamides is 1. The van der Waals surface area contributed by atoms with E-state index in [4.69, 9.17) is 4.42 Å². The van der Waals surface area contributed by atoms with E-state index in [0.29, 0.717) is 29.9 Å². The summed E-state index contributed by atoms with van der Waals surface area (Å²) in [7, 11) is -2.15. The molecule has 180 valence electrons. The van der Waals surface area contributed by atoms with E-state index in [9.17, 15) is 18.3 Å². The van der Waals surface area contributed by atoms with Gasteiger partial charge >= 0.3 is 5.63 Å². The van der Waals surface area contributed by atoms with E-state index in [1.807, 2.05) is 6.07 Å². The molecule has 34 heavy (non-hydrogen) atoms. The normalized spacial score (nSPS) is 17.4. The van der Waals surface area contributed by atoms with Crippen LogP contribution >= 0.6 is 0 Å². The van der Waals surface area contributed by atoms with Crippen molar-refractivity contribution in [1.82, 2.24) is 9.55 Å². The van der Waals surface area contributed by atoms with Gasteiger partial charge in [0.1, 0.15) is 11.5 Å². The summed E-state index contributed by atoms with van der Waals surface area (Å²) in [5.41, 5.74) is 1.72. The Morgan fingerprint density at radius 1 is 1.18 bits per heavy atom. The van der Waals surface area contributed by atoms with Crippen LogP contribution in [0.2, 0.25) is 0 Å². The molecule has 5 rings (SSSR count). The SMILES string of the molecule is Cn1cnc(S(=O)(=O)Nc2cccc([C@@H](c3c(O)c4c(oc3=O)CCCCCC4)C3CC3)c2)c1. The van der Waals surface area contributed by atoms with E-state index in [1.54, 1.807) is 29.8 Å². The van der Waals surface area contributed by atoms with Crippen molar-refractivity contribution >= 4 is 15.7 Å². The molecule has 0 amide bonds. The van der Waals surface area contributed by atoms with Gasteiger partial charge in [-0.3, -0.25) is 4.72 Å². The van der Waals surface area contributed by atoms with Crippen molar-refractivity contribution in [2.24, 2.45) is 13.0 Å². The molecular formula is C25H29N3O5S. The van der Waals surface area contributed by atoms with Crippen LogP contribution < -0.4 is 10.3 Å². The zero-order chi connectivity index (χ0) is 23.9. The lowest BCUT2D eigenvalue weighted by atomic mass is 9.85. The molecule has 1 saturated carbocycles. The highest BCUT2D eigenvalue weighted by Crippen LogP contribution is 2.49. The van der Waals surface area contributed by atoms with E-state index in [2.05, 4.69) is 9.71 Å². The maximum absolute atomic E-state index is 13.1. The molecule has 0 saturated heterocycles. The van der Waals surface area contributed by atoms with Gasteiger partial charge in [-0.25, -0.2) is 9.78 Å². The van der Waals surface area contributed by atoms with Crippen molar-refractivity contribution in [3.63, 3.8) is 0 Å². The Labute approximate surface area is 198 Å². The molecule has 1 aromatic carbocycles. The van der Waals surface area contributed by atoms with Gasteiger partial charge in [0, 0.05) is 36.8 Å². The lowest BCUT2D eigenvalue weighted by molar-refractivity contribution is 0.382. The summed E-state index contributed by atoms with van der Waals surface area (Å²) < 4.78 is 35.4. The molecular weight excluding hydrogens is 454 g/mol. The molecule has 3 aromatic rings. The second kappa shape index (κ2) is 8.94. The number of aromatic nitrogens is 2. The first-order valence-corrected chi connectivity index (χ1v) is 13.3. The van der Waals surface area contributed by atoms with Gasteiger partial charge in [-0.1, -0.05) is 25.0 Å². The van der Waals surface area contributed by atoms with E-state index in [-0.39, 0.29) is 22.6 Å². The highest BCUT2D eigenvalue weighted by atomic mass is 32.2. The number of benzene rings is 1. The summed E-state index contributed by atoms with van der Waals surface area (Å²) in [5.74, 6) is 0.510. The third-order valence-electron chi connectivity index (χ3n) is 6.75. The van der Waals surface area contributed by atoms with Gasteiger partial charge in [0.15, 0.2) is 5.03 Å². The quantitative estimate of drug-likeness (QED) is 0.546. The third kappa shape index (κ3) is 4.49. The number of hydrogen-bond donors (Lipinski definition) is 2. The number of imidazole rings is 1. The number of rotatable bonds is 6. The molecule has 0 unspecified atom stereocenters. The number of hydrogen-bond acceptors (Lipinski definition) is 6. The third-order valence-corrected chi connectivity index (χ3v) is 8.02. The van der Waals surface area contributed by atoms with E-state index < -0.39 is 15.6 Å². The molecule has 2 aromatic heterocycles. The number of nitrogens with one attached hydrogen (secondary N) is 1. The van der Waals surface area contributed by atoms with Crippen LogP contribution in [0.1, 0.15) is 66.9 Å². The fourth-order valence-electron chi connectivity index (χ4n) is 4.93. The van der Waals surface area contributed by atoms with Crippen LogP contribution in [0.5, 0.6) is 5.75 Å². The van der Waals surface area contributed by atoms with Crippen molar-refractivity contribution in [3.05, 3.63) is 69.7 Å². The van der Waals surface area contributed by atoms with Crippen molar-refractivity contribution < 1.29 is 17.9 Å². The van der Waals surface area contributed by atoms with E-state index in [1.165, 1.54) is 12.5 Å². The van der Waals surface area contributed by atoms with Crippen LogP contribution in [0.25, 0.3) is 0 Å². The van der Waals surface area contributed by atoms with Gasteiger partial charge < -0.3 is 14.1 Å². The average Bonchev–Trinajstić information content (AvgIpc) is 3.51. The Bertz CT molecular complexity index is 1370. The molecule has 2 N–H and O–H groups in total. The summed E-state index contributed by atoms with van der Waals surface area (Å²) in [6.45, 7) is 0. The predicted octanol–water partition coefficient (Wildman–Crippen LogP) is 4.08. The first-order valence-electron chi connectivity index (χ1n) is 11.8. The molecule has 0 bridgehead atoms. The largest absolute Gasteiger partial charge is 0.507 e. The van der Waals surface area contributed by atoms with Gasteiger partial charge in [-0.2, -0.15) is 8.42 Å². The highest BCUT2D eigenvalue weighted by molar-refractivity contribution is 7.92. The van der Waals surface area contributed by atoms with Crippen molar-refractivity contribution in [1.29, 1.82) is 0 Å². The number of anilines is 1. The minimum absolute atomic E-state index is 0.0597. The molecule has 2 heterocycles. The average molecular weight is 484 g/mol. The van der Waals surface area contributed by atoms with Gasteiger partial charge in [-0.15, -0.1) is 0 Å². The highest BCUT2D eigenvalue weighted by Gasteiger charge is 2.38.